The third kappa shape index (κ3) is 4.45. The van der Waals surface area contributed by atoms with Crippen LogP contribution >= 0.6 is 12.4 Å². The van der Waals surface area contributed by atoms with Gasteiger partial charge in [-0.05, 0) is 18.9 Å². The zero-order valence-electron chi connectivity index (χ0n) is 14.9. The highest BCUT2D eigenvalue weighted by atomic mass is 35.5. The van der Waals surface area contributed by atoms with Gasteiger partial charge in [-0.3, -0.25) is 4.90 Å². The summed E-state index contributed by atoms with van der Waals surface area (Å²) < 4.78 is 21.9. The SMILES string of the molecule is COc1ccc(CN2CCC(OC)CC2CN)c(OC)c1OC.Cl. The molecule has 1 aliphatic rings. The number of piperidine rings is 1. The van der Waals surface area contributed by atoms with Crippen molar-refractivity contribution in [1.29, 1.82) is 0 Å². The van der Waals surface area contributed by atoms with Gasteiger partial charge in [0.15, 0.2) is 11.5 Å². The summed E-state index contributed by atoms with van der Waals surface area (Å²) in [4.78, 5) is 2.39. The van der Waals surface area contributed by atoms with E-state index in [1.165, 1.54) is 0 Å². The van der Waals surface area contributed by atoms with Crippen molar-refractivity contribution in [2.45, 2.75) is 31.5 Å². The minimum absolute atomic E-state index is 0. The fraction of sp³-hybridized carbons (Fsp3) is 0.647. The molecule has 1 aromatic carbocycles. The van der Waals surface area contributed by atoms with Crippen LogP contribution in [-0.2, 0) is 11.3 Å². The Kier molecular flexibility index (Phi) is 8.62. The Morgan fingerprint density at radius 1 is 1.08 bits per heavy atom. The lowest BCUT2D eigenvalue weighted by molar-refractivity contribution is 0.00996. The summed E-state index contributed by atoms with van der Waals surface area (Å²) in [5.74, 6) is 2.02. The van der Waals surface area contributed by atoms with E-state index in [1.807, 2.05) is 12.1 Å². The van der Waals surface area contributed by atoms with Crippen molar-refractivity contribution in [3.63, 3.8) is 0 Å². The zero-order valence-corrected chi connectivity index (χ0v) is 15.7. The van der Waals surface area contributed by atoms with Crippen LogP contribution in [-0.4, -0.2) is 58.6 Å². The molecule has 2 rings (SSSR count). The Hall–Kier alpha value is -1.21. The van der Waals surface area contributed by atoms with E-state index in [0.717, 1.165) is 37.2 Å². The lowest BCUT2D eigenvalue weighted by Gasteiger charge is -2.38. The van der Waals surface area contributed by atoms with Gasteiger partial charge >= 0.3 is 0 Å². The molecular weight excluding hydrogens is 332 g/mol. The van der Waals surface area contributed by atoms with Gasteiger partial charge in [0, 0.05) is 38.3 Å². The standard InChI is InChI=1S/C17H28N2O4.ClH/c1-20-14-7-8-19(13(9-14)10-18)11-12-5-6-15(21-2)17(23-4)16(12)22-3;/h5-6,13-14H,7-11,18H2,1-4H3;1H. The molecule has 0 bridgehead atoms. The maximum Gasteiger partial charge on any atom is 0.203 e. The summed E-state index contributed by atoms with van der Waals surface area (Å²) >= 11 is 0. The van der Waals surface area contributed by atoms with Gasteiger partial charge < -0.3 is 24.7 Å². The minimum Gasteiger partial charge on any atom is -0.493 e. The minimum atomic E-state index is 0. The van der Waals surface area contributed by atoms with Crippen LogP contribution in [0.2, 0.25) is 0 Å². The summed E-state index contributed by atoms with van der Waals surface area (Å²) in [6.45, 7) is 2.34. The van der Waals surface area contributed by atoms with E-state index in [-0.39, 0.29) is 12.4 Å². The number of methoxy groups -OCH3 is 4. The molecule has 2 atom stereocenters. The van der Waals surface area contributed by atoms with Crippen LogP contribution in [0.5, 0.6) is 17.2 Å². The van der Waals surface area contributed by atoms with Crippen molar-refractivity contribution < 1.29 is 18.9 Å². The molecule has 1 heterocycles. The molecule has 0 amide bonds. The molecule has 2 unspecified atom stereocenters. The van der Waals surface area contributed by atoms with Crippen molar-refractivity contribution in [3.8, 4) is 17.2 Å². The van der Waals surface area contributed by atoms with Gasteiger partial charge in [-0.1, -0.05) is 6.07 Å². The lowest BCUT2D eigenvalue weighted by Crippen LogP contribution is -2.48. The van der Waals surface area contributed by atoms with Crippen molar-refractivity contribution in [3.05, 3.63) is 17.7 Å². The quantitative estimate of drug-likeness (QED) is 0.803. The average Bonchev–Trinajstić information content (AvgIpc) is 2.61. The molecule has 138 valence electrons. The molecule has 1 aromatic rings. The number of benzene rings is 1. The predicted octanol–water partition coefficient (Wildman–Crippen LogP) is 2.07. The molecule has 24 heavy (non-hydrogen) atoms. The Balaban J connectivity index is 0.00000288. The number of nitrogens with zero attached hydrogens (tertiary/aromatic N) is 1. The number of likely N-dealkylation sites (tertiary alicyclic amines) is 1. The first-order chi connectivity index (χ1) is 11.2. The van der Waals surface area contributed by atoms with Crippen molar-refractivity contribution >= 4 is 12.4 Å². The molecular formula is C17H29ClN2O4. The van der Waals surface area contributed by atoms with E-state index in [0.29, 0.717) is 30.2 Å². The highest BCUT2D eigenvalue weighted by Crippen LogP contribution is 2.40. The number of hydrogen-bond donors (Lipinski definition) is 1. The third-order valence-corrected chi connectivity index (χ3v) is 4.55. The van der Waals surface area contributed by atoms with Crippen molar-refractivity contribution in [1.82, 2.24) is 4.90 Å². The maximum absolute atomic E-state index is 5.96. The number of halogens is 1. The predicted molar refractivity (Wildman–Crippen MR) is 96.6 cm³/mol. The summed E-state index contributed by atoms with van der Waals surface area (Å²) in [7, 11) is 6.66. The van der Waals surface area contributed by atoms with Gasteiger partial charge in [0.2, 0.25) is 5.75 Å². The molecule has 7 heteroatoms. The monoisotopic (exact) mass is 360 g/mol. The zero-order chi connectivity index (χ0) is 16.8. The molecule has 0 aromatic heterocycles. The van der Waals surface area contributed by atoms with Gasteiger partial charge in [-0.25, -0.2) is 0 Å². The molecule has 2 N–H and O–H groups in total. The van der Waals surface area contributed by atoms with Gasteiger partial charge in [0.05, 0.1) is 27.4 Å². The van der Waals surface area contributed by atoms with E-state index in [9.17, 15) is 0 Å². The Bertz CT molecular complexity index is 516. The first kappa shape index (κ1) is 20.8. The second-order valence-electron chi connectivity index (χ2n) is 5.74. The van der Waals surface area contributed by atoms with Gasteiger partial charge in [-0.15, -0.1) is 12.4 Å². The summed E-state index contributed by atoms with van der Waals surface area (Å²) in [5, 5.41) is 0. The topological polar surface area (TPSA) is 66.2 Å². The average molecular weight is 361 g/mol. The number of ether oxygens (including phenoxy) is 4. The van der Waals surface area contributed by atoms with Gasteiger partial charge in [0.1, 0.15) is 0 Å². The normalized spacial score (nSPS) is 21.0. The largest absolute Gasteiger partial charge is 0.493 e. The number of hydrogen-bond acceptors (Lipinski definition) is 6. The van der Waals surface area contributed by atoms with Crippen LogP contribution in [0.3, 0.4) is 0 Å². The van der Waals surface area contributed by atoms with E-state index >= 15 is 0 Å². The molecule has 1 aliphatic heterocycles. The fourth-order valence-corrected chi connectivity index (χ4v) is 3.24. The van der Waals surface area contributed by atoms with Gasteiger partial charge in [0.25, 0.3) is 0 Å². The van der Waals surface area contributed by atoms with E-state index in [1.54, 1.807) is 28.4 Å². The Morgan fingerprint density at radius 2 is 1.79 bits per heavy atom. The summed E-state index contributed by atoms with van der Waals surface area (Å²) in [5.41, 5.74) is 7.03. The molecule has 6 nitrogen and oxygen atoms in total. The fourth-order valence-electron chi connectivity index (χ4n) is 3.24. The molecule has 0 spiro atoms. The van der Waals surface area contributed by atoms with Crippen LogP contribution < -0.4 is 19.9 Å². The van der Waals surface area contributed by atoms with Gasteiger partial charge in [-0.2, -0.15) is 0 Å². The highest BCUT2D eigenvalue weighted by Gasteiger charge is 2.28. The van der Waals surface area contributed by atoms with Crippen LogP contribution in [0.4, 0.5) is 0 Å². The smallest absolute Gasteiger partial charge is 0.203 e. The van der Waals surface area contributed by atoms with E-state index < -0.39 is 0 Å². The first-order valence-corrected chi connectivity index (χ1v) is 7.93. The van der Waals surface area contributed by atoms with Crippen LogP contribution in [0.1, 0.15) is 18.4 Å². The summed E-state index contributed by atoms with van der Waals surface area (Å²) in [6, 6.07) is 4.25. The third-order valence-electron chi connectivity index (χ3n) is 4.55. The summed E-state index contributed by atoms with van der Waals surface area (Å²) in [6.07, 6.45) is 2.28. The first-order valence-electron chi connectivity index (χ1n) is 7.93. The van der Waals surface area contributed by atoms with Crippen LogP contribution in [0, 0.1) is 0 Å². The molecule has 0 aliphatic carbocycles. The maximum atomic E-state index is 5.96. The Labute approximate surface area is 150 Å². The second-order valence-corrected chi connectivity index (χ2v) is 5.74. The van der Waals surface area contributed by atoms with E-state index in [2.05, 4.69) is 4.90 Å². The molecule has 0 radical (unpaired) electrons. The molecule has 0 saturated carbocycles. The van der Waals surface area contributed by atoms with Crippen LogP contribution in [0.25, 0.3) is 0 Å². The Morgan fingerprint density at radius 3 is 2.33 bits per heavy atom. The molecule has 1 saturated heterocycles. The highest BCUT2D eigenvalue weighted by molar-refractivity contribution is 5.85. The number of nitrogens with two attached hydrogens (primary N) is 1. The second kappa shape index (κ2) is 9.93. The lowest BCUT2D eigenvalue weighted by atomic mass is 9.98. The van der Waals surface area contributed by atoms with E-state index in [4.69, 9.17) is 24.7 Å². The van der Waals surface area contributed by atoms with Crippen LogP contribution in [0.15, 0.2) is 12.1 Å². The van der Waals surface area contributed by atoms with Crippen molar-refractivity contribution in [2.24, 2.45) is 5.73 Å². The van der Waals surface area contributed by atoms with Crippen molar-refractivity contribution in [2.75, 3.05) is 41.5 Å². The number of rotatable bonds is 7. The molecule has 1 fully saturated rings.